The normalized spacial score (nSPS) is 14.4. The second-order valence-electron chi connectivity index (χ2n) is 5.75. The third-order valence-corrected chi connectivity index (χ3v) is 5.28. The first-order chi connectivity index (χ1) is 10.3. The summed E-state index contributed by atoms with van der Waals surface area (Å²) in [5.41, 5.74) is 1.15. The van der Waals surface area contributed by atoms with E-state index in [-0.39, 0.29) is 0 Å². The number of unbranched alkanes of at least 4 members (excludes halogenated alkanes) is 1. The third-order valence-electron chi connectivity index (χ3n) is 4.22. The molecule has 2 atom stereocenters. The zero-order chi connectivity index (χ0) is 15.1. The molecule has 1 aromatic carbocycles. The summed E-state index contributed by atoms with van der Waals surface area (Å²) >= 11 is 1.85. The van der Waals surface area contributed by atoms with Crippen LogP contribution in [0, 0.1) is 5.92 Å². The summed E-state index contributed by atoms with van der Waals surface area (Å²) in [6, 6.07) is 9.03. The Bertz CT molecular complexity index is 502. The monoisotopic (exact) mass is 304 g/mol. The number of nitrogens with one attached hydrogen (secondary N) is 1. The zero-order valence-electron chi connectivity index (χ0n) is 13.6. The van der Waals surface area contributed by atoms with E-state index in [0.29, 0.717) is 6.04 Å². The Morgan fingerprint density at radius 2 is 2.00 bits per heavy atom. The Morgan fingerprint density at radius 1 is 1.19 bits per heavy atom. The highest BCUT2D eigenvalue weighted by Gasteiger charge is 2.20. The quantitative estimate of drug-likeness (QED) is 0.702. The van der Waals surface area contributed by atoms with Gasteiger partial charge in [-0.25, -0.2) is 4.98 Å². The van der Waals surface area contributed by atoms with Crippen LogP contribution in [0.5, 0.6) is 0 Å². The summed E-state index contributed by atoms with van der Waals surface area (Å²) in [6.07, 6.45) is 6.27. The molecule has 3 heteroatoms. The van der Waals surface area contributed by atoms with E-state index >= 15 is 0 Å². The van der Waals surface area contributed by atoms with Crippen molar-refractivity contribution in [3.05, 3.63) is 29.3 Å². The molecule has 0 aliphatic carbocycles. The van der Waals surface area contributed by atoms with Crippen LogP contribution < -0.4 is 5.32 Å². The minimum absolute atomic E-state index is 0.562. The van der Waals surface area contributed by atoms with Crippen molar-refractivity contribution < 1.29 is 0 Å². The summed E-state index contributed by atoms with van der Waals surface area (Å²) in [5.74, 6) is 0.761. The van der Waals surface area contributed by atoms with Gasteiger partial charge in [0.2, 0.25) is 0 Å². The molecule has 0 spiro atoms. The van der Waals surface area contributed by atoms with Gasteiger partial charge < -0.3 is 5.32 Å². The maximum atomic E-state index is 4.81. The van der Waals surface area contributed by atoms with E-state index in [1.54, 1.807) is 0 Å². The summed E-state index contributed by atoms with van der Waals surface area (Å²) in [7, 11) is 0. The van der Waals surface area contributed by atoms with Crippen LogP contribution >= 0.6 is 11.3 Å². The Morgan fingerprint density at radius 3 is 2.67 bits per heavy atom. The molecular formula is C18H28N2S. The van der Waals surface area contributed by atoms with Crippen LogP contribution in [0.25, 0.3) is 10.2 Å². The van der Waals surface area contributed by atoms with Gasteiger partial charge in [-0.15, -0.1) is 11.3 Å². The fourth-order valence-corrected chi connectivity index (χ4v) is 4.04. The third kappa shape index (κ3) is 4.52. The molecule has 1 N–H and O–H groups in total. The lowest BCUT2D eigenvalue weighted by Crippen LogP contribution is -2.37. The minimum atomic E-state index is 0.562. The topological polar surface area (TPSA) is 24.9 Å². The van der Waals surface area contributed by atoms with Gasteiger partial charge in [-0.2, -0.15) is 0 Å². The second kappa shape index (κ2) is 8.50. The molecule has 0 fully saturated rings. The van der Waals surface area contributed by atoms with Crippen molar-refractivity contribution in [3.8, 4) is 0 Å². The fourth-order valence-electron chi connectivity index (χ4n) is 3.02. The van der Waals surface area contributed by atoms with Gasteiger partial charge in [-0.05, 0) is 31.0 Å². The average molecular weight is 305 g/mol. The highest BCUT2D eigenvalue weighted by molar-refractivity contribution is 7.18. The van der Waals surface area contributed by atoms with Crippen LogP contribution in [-0.4, -0.2) is 17.6 Å². The first kappa shape index (κ1) is 16.4. The maximum Gasteiger partial charge on any atom is 0.0954 e. The smallest absolute Gasteiger partial charge is 0.0954 e. The summed E-state index contributed by atoms with van der Waals surface area (Å²) in [5, 5.41) is 4.98. The van der Waals surface area contributed by atoms with Gasteiger partial charge >= 0.3 is 0 Å². The minimum Gasteiger partial charge on any atom is -0.314 e. The van der Waals surface area contributed by atoms with Crippen LogP contribution in [0.15, 0.2) is 24.3 Å². The Kier molecular flexibility index (Phi) is 6.65. The number of rotatable bonds is 9. The standard InChI is InChI=1S/C18H28N2S/c1-4-7-10-14(5-2)16(19-6-3)13-18-20-15-11-8-9-12-17(15)21-18/h8-9,11-12,14,16,19H,4-7,10,13H2,1-3H3. The lowest BCUT2D eigenvalue weighted by atomic mass is 9.89. The van der Waals surface area contributed by atoms with Gasteiger partial charge in [0.05, 0.1) is 15.2 Å². The van der Waals surface area contributed by atoms with Gasteiger partial charge in [-0.1, -0.05) is 52.2 Å². The van der Waals surface area contributed by atoms with E-state index in [9.17, 15) is 0 Å². The van der Waals surface area contributed by atoms with Crippen molar-refractivity contribution >= 4 is 21.6 Å². The van der Waals surface area contributed by atoms with Gasteiger partial charge in [-0.3, -0.25) is 0 Å². The molecule has 0 amide bonds. The van der Waals surface area contributed by atoms with E-state index in [0.717, 1.165) is 24.4 Å². The van der Waals surface area contributed by atoms with Crippen molar-refractivity contribution in [2.75, 3.05) is 6.54 Å². The molecule has 2 aromatic rings. The van der Waals surface area contributed by atoms with Gasteiger partial charge in [0, 0.05) is 12.5 Å². The number of benzene rings is 1. The number of hydrogen-bond donors (Lipinski definition) is 1. The molecule has 2 rings (SSSR count). The zero-order valence-corrected chi connectivity index (χ0v) is 14.4. The number of aromatic nitrogens is 1. The number of hydrogen-bond acceptors (Lipinski definition) is 3. The number of thiazole rings is 1. The highest BCUT2D eigenvalue weighted by atomic mass is 32.1. The maximum absolute atomic E-state index is 4.81. The predicted molar refractivity (Wildman–Crippen MR) is 94.1 cm³/mol. The largest absolute Gasteiger partial charge is 0.314 e. The molecule has 0 radical (unpaired) electrons. The molecule has 0 aliphatic heterocycles. The average Bonchev–Trinajstić information content (AvgIpc) is 2.90. The lowest BCUT2D eigenvalue weighted by molar-refractivity contribution is 0.319. The molecule has 0 aliphatic rings. The number of nitrogens with zero attached hydrogens (tertiary/aromatic N) is 1. The number of likely N-dealkylation sites (N-methyl/N-ethyl adjacent to an activating group) is 1. The van der Waals surface area contributed by atoms with Crippen molar-refractivity contribution in [2.45, 2.75) is 58.9 Å². The van der Waals surface area contributed by atoms with Crippen molar-refractivity contribution in [3.63, 3.8) is 0 Å². The second-order valence-corrected chi connectivity index (χ2v) is 6.87. The first-order valence-electron chi connectivity index (χ1n) is 8.36. The first-order valence-corrected chi connectivity index (χ1v) is 9.17. The molecule has 0 saturated heterocycles. The summed E-state index contributed by atoms with van der Waals surface area (Å²) in [6.45, 7) is 7.85. The van der Waals surface area contributed by atoms with Crippen LogP contribution in [0.4, 0.5) is 0 Å². The Balaban J connectivity index is 2.10. The van der Waals surface area contributed by atoms with Gasteiger partial charge in [0.1, 0.15) is 0 Å². The Labute approximate surface area is 133 Å². The van der Waals surface area contributed by atoms with Crippen molar-refractivity contribution in [1.29, 1.82) is 0 Å². The van der Waals surface area contributed by atoms with Crippen molar-refractivity contribution in [2.24, 2.45) is 5.92 Å². The Hall–Kier alpha value is -0.930. The van der Waals surface area contributed by atoms with E-state index in [1.165, 1.54) is 35.4 Å². The SMILES string of the molecule is CCCCC(CC)C(Cc1nc2ccccc2s1)NCC. The molecule has 0 bridgehead atoms. The molecule has 116 valence electrons. The molecule has 21 heavy (non-hydrogen) atoms. The van der Waals surface area contributed by atoms with Gasteiger partial charge in [0.25, 0.3) is 0 Å². The van der Waals surface area contributed by atoms with Crippen LogP contribution in [-0.2, 0) is 6.42 Å². The highest BCUT2D eigenvalue weighted by Crippen LogP contribution is 2.26. The summed E-state index contributed by atoms with van der Waals surface area (Å²) < 4.78 is 1.31. The molecule has 1 heterocycles. The van der Waals surface area contributed by atoms with Gasteiger partial charge in [0.15, 0.2) is 0 Å². The molecule has 2 nitrogen and oxygen atoms in total. The van der Waals surface area contributed by atoms with E-state index in [1.807, 2.05) is 11.3 Å². The molecule has 1 aromatic heterocycles. The number of para-hydroxylation sites is 1. The fraction of sp³-hybridized carbons (Fsp3) is 0.611. The lowest BCUT2D eigenvalue weighted by Gasteiger charge is -2.26. The van der Waals surface area contributed by atoms with E-state index in [2.05, 4.69) is 50.4 Å². The van der Waals surface area contributed by atoms with E-state index in [4.69, 9.17) is 4.98 Å². The summed E-state index contributed by atoms with van der Waals surface area (Å²) in [4.78, 5) is 4.81. The predicted octanol–water partition coefficient (Wildman–Crippen LogP) is 5.03. The molecule has 2 unspecified atom stereocenters. The van der Waals surface area contributed by atoms with Crippen LogP contribution in [0.3, 0.4) is 0 Å². The van der Waals surface area contributed by atoms with E-state index < -0.39 is 0 Å². The molecular weight excluding hydrogens is 276 g/mol. The van der Waals surface area contributed by atoms with Crippen LogP contribution in [0.2, 0.25) is 0 Å². The van der Waals surface area contributed by atoms with Crippen LogP contribution in [0.1, 0.15) is 51.5 Å². The number of fused-ring (bicyclic) bond motifs is 1. The molecule has 0 saturated carbocycles. The van der Waals surface area contributed by atoms with Crippen molar-refractivity contribution in [1.82, 2.24) is 10.3 Å².